The minimum absolute atomic E-state index is 0.0910. The second-order valence-corrected chi connectivity index (χ2v) is 6.81. The number of hydrogen-bond acceptors (Lipinski definition) is 5. The summed E-state index contributed by atoms with van der Waals surface area (Å²) in [6.07, 6.45) is 0.0910. The molecule has 0 saturated carbocycles. The number of methoxy groups -OCH3 is 1. The minimum Gasteiger partial charge on any atom is -0.497 e. The molecular formula is C21H23N3O4. The van der Waals surface area contributed by atoms with Crippen LogP contribution in [0.5, 0.6) is 5.75 Å². The van der Waals surface area contributed by atoms with Crippen LogP contribution >= 0.6 is 0 Å². The molecule has 0 aliphatic carbocycles. The van der Waals surface area contributed by atoms with Crippen molar-refractivity contribution in [3.63, 3.8) is 0 Å². The molecule has 3 rings (SSSR count). The molecule has 0 spiro atoms. The zero-order valence-corrected chi connectivity index (χ0v) is 15.9. The lowest BCUT2D eigenvalue weighted by Gasteiger charge is -2.23. The molecular weight excluding hydrogens is 358 g/mol. The highest BCUT2D eigenvalue weighted by Crippen LogP contribution is 2.26. The van der Waals surface area contributed by atoms with Crippen LogP contribution in [0.3, 0.4) is 0 Å². The van der Waals surface area contributed by atoms with E-state index >= 15 is 0 Å². The molecule has 1 atom stereocenters. The number of hydrogen-bond donors (Lipinski definition) is 1. The molecule has 1 aliphatic rings. The minimum atomic E-state index is -0.563. The molecule has 0 bridgehead atoms. The van der Waals surface area contributed by atoms with Crippen molar-refractivity contribution in [2.75, 3.05) is 24.3 Å². The van der Waals surface area contributed by atoms with E-state index < -0.39 is 11.8 Å². The number of benzene rings is 2. The van der Waals surface area contributed by atoms with E-state index in [9.17, 15) is 14.4 Å². The molecule has 7 heteroatoms. The second-order valence-electron chi connectivity index (χ2n) is 6.81. The van der Waals surface area contributed by atoms with Crippen LogP contribution in [0, 0.1) is 5.92 Å². The van der Waals surface area contributed by atoms with Gasteiger partial charge in [-0.05, 0) is 42.0 Å². The van der Waals surface area contributed by atoms with Crippen molar-refractivity contribution in [1.29, 1.82) is 0 Å². The Morgan fingerprint density at radius 3 is 2.36 bits per heavy atom. The summed E-state index contributed by atoms with van der Waals surface area (Å²) in [4.78, 5) is 40.3. The molecule has 1 unspecified atom stereocenters. The first-order valence-electron chi connectivity index (χ1n) is 9.00. The molecule has 1 saturated heterocycles. The number of likely N-dealkylation sites (tertiary alicyclic amines) is 1. The third kappa shape index (κ3) is 4.14. The highest BCUT2D eigenvalue weighted by Gasteiger charge is 2.38. The maximum absolute atomic E-state index is 13.0. The van der Waals surface area contributed by atoms with Gasteiger partial charge in [0.2, 0.25) is 17.7 Å². The lowest BCUT2D eigenvalue weighted by molar-refractivity contribution is -0.130. The molecule has 1 heterocycles. The Morgan fingerprint density at radius 1 is 1.14 bits per heavy atom. The SMILES string of the molecule is COc1ccc(CN2CC(C(=O)N(C(C)=O)c3ccc(N)cc3)CC2=O)cc1. The Balaban J connectivity index is 1.72. The van der Waals surface area contributed by atoms with Crippen LogP contribution < -0.4 is 15.4 Å². The van der Waals surface area contributed by atoms with Crippen molar-refractivity contribution in [1.82, 2.24) is 4.90 Å². The fourth-order valence-corrected chi connectivity index (χ4v) is 3.31. The van der Waals surface area contributed by atoms with Gasteiger partial charge in [0.25, 0.3) is 0 Å². The van der Waals surface area contributed by atoms with Gasteiger partial charge in [0.05, 0.1) is 18.7 Å². The number of carbonyl (C=O) groups is 3. The Kier molecular flexibility index (Phi) is 5.63. The molecule has 0 radical (unpaired) electrons. The van der Waals surface area contributed by atoms with E-state index in [1.54, 1.807) is 36.3 Å². The predicted octanol–water partition coefficient (Wildman–Crippen LogP) is 2.21. The van der Waals surface area contributed by atoms with Crippen molar-refractivity contribution in [2.24, 2.45) is 5.92 Å². The summed E-state index contributed by atoms with van der Waals surface area (Å²) in [6, 6.07) is 14.0. The molecule has 28 heavy (non-hydrogen) atoms. The lowest BCUT2D eigenvalue weighted by Crippen LogP contribution is -2.40. The number of imide groups is 1. The van der Waals surface area contributed by atoms with E-state index in [1.165, 1.54) is 6.92 Å². The summed E-state index contributed by atoms with van der Waals surface area (Å²) in [5.41, 5.74) is 7.62. The van der Waals surface area contributed by atoms with Crippen LogP contribution in [0.4, 0.5) is 11.4 Å². The van der Waals surface area contributed by atoms with Crippen LogP contribution in [0.2, 0.25) is 0 Å². The number of nitrogens with two attached hydrogens (primary N) is 1. The molecule has 2 aromatic rings. The summed E-state index contributed by atoms with van der Waals surface area (Å²) in [7, 11) is 1.59. The predicted molar refractivity (Wildman–Crippen MR) is 106 cm³/mol. The van der Waals surface area contributed by atoms with Crippen molar-refractivity contribution in [3.8, 4) is 5.75 Å². The van der Waals surface area contributed by atoms with E-state index in [0.717, 1.165) is 16.2 Å². The number of nitrogens with zero attached hydrogens (tertiary/aromatic N) is 2. The van der Waals surface area contributed by atoms with E-state index in [-0.39, 0.29) is 24.8 Å². The van der Waals surface area contributed by atoms with Gasteiger partial charge in [0, 0.05) is 32.1 Å². The number of ether oxygens (including phenoxy) is 1. The molecule has 146 valence electrons. The standard InChI is InChI=1S/C21H23N3O4/c1-14(25)24(18-7-5-17(22)6-8-18)21(27)16-11-20(26)23(13-16)12-15-3-9-19(28-2)10-4-15/h3-10,16H,11-13,22H2,1-2H3. The monoisotopic (exact) mass is 381 g/mol. The zero-order valence-electron chi connectivity index (χ0n) is 15.9. The van der Waals surface area contributed by atoms with Gasteiger partial charge in [0.15, 0.2) is 0 Å². The Hall–Kier alpha value is -3.35. The summed E-state index contributed by atoms with van der Waals surface area (Å²) in [5, 5.41) is 0. The fourth-order valence-electron chi connectivity index (χ4n) is 3.31. The normalized spacial score (nSPS) is 16.1. The van der Waals surface area contributed by atoms with E-state index in [4.69, 9.17) is 10.5 Å². The van der Waals surface area contributed by atoms with Crippen molar-refractivity contribution in [3.05, 3.63) is 54.1 Å². The lowest BCUT2D eigenvalue weighted by atomic mass is 10.1. The number of amides is 3. The van der Waals surface area contributed by atoms with Crippen LogP contribution in [0.1, 0.15) is 18.9 Å². The highest BCUT2D eigenvalue weighted by molar-refractivity contribution is 6.15. The topological polar surface area (TPSA) is 92.9 Å². The quantitative estimate of drug-likeness (QED) is 0.802. The zero-order chi connectivity index (χ0) is 20.3. The van der Waals surface area contributed by atoms with Gasteiger partial charge in [-0.15, -0.1) is 0 Å². The fraction of sp³-hybridized carbons (Fsp3) is 0.286. The maximum Gasteiger partial charge on any atom is 0.239 e. The van der Waals surface area contributed by atoms with Gasteiger partial charge in [-0.3, -0.25) is 19.3 Å². The molecule has 2 aromatic carbocycles. The van der Waals surface area contributed by atoms with Gasteiger partial charge in [0.1, 0.15) is 5.75 Å². The number of nitrogen functional groups attached to an aromatic ring is 1. The first-order chi connectivity index (χ1) is 13.4. The van der Waals surface area contributed by atoms with Crippen molar-refractivity contribution >= 4 is 29.1 Å². The Labute approximate surface area is 163 Å². The van der Waals surface area contributed by atoms with Crippen LogP contribution in [-0.4, -0.2) is 36.3 Å². The van der Waals surface area contributed by atoms with Crippen LogP contribution in [0.15, 0.2) is 48.5 Å². The van der Waals surface area contributed by atoms with Gasteiger partial charge in [-0.25, -0.2) is 0 Å². The average molecular weight is 381 g/mol. The van der Waals surface area contributed by atoms with Crippen molar-refractivity contribution < 1.29 is 19.1 Å². The van der Waals surface area contributed by atoms with Gasteiger partial charge in [-0.1, -0.05) is 12.1 Å². The van der Waals surface area contributed by atoms with E-state index in [0.29, 0.717) is 17.9 Å². The second kappa shape index (κ2) is 8.12. The summed E-state index contributed by atoms with van der Waals surface area (Å²) < 4.78 is 5.14. The molecule has 2 N–H and O–H groups in total. The largest absolute Gasteiger partial charge is 0.497 e. The summed E-state index contributed by atoms with van der Waals surface area (Å²) in [5.74, 6) is -0.689. The average Bonchev–Trinajstić information content (AvgIpc) is 3.04. The highest BCUT2D eigenvalue weighted by atomic mass is 16.5. The van der Waals surface area contributed by atoms with E-state index in [2.05, 4.69) is 0 Å². The van der Waals surface area contributed by atoms with Crippen LogP contribution in [-0.2, 0) is 20.9 Å². The van der Waals surface area contributed by atoms with Crippen molar-refractivity contribution in [2.45, 2.75) is 19.9 Å². The first-order valence-corrected chi connectivity index (χ1v) is 9.00. The Bertz CT molecular complexity index is 878. The molecule has 0 aromatic heterocycles. The Morgan fingerprint density at radius 2 is 1.79 bits per heavy atom. The van der Waals surface area contributed by atoms with E-state index in [1.807, 2.05) is 24.3 Å². The van der Waals surface area contributed by atoms with Gasteiger partial charge in [-0.2, -0.15) is 0 Å². The van der Waals surface area contributed by atoms with Crippen LogP contribution in [0.25, 0.3) is 0 Å². The smallest absolute Gasteiger partial charge is 0.239 e. The molecule has 1 fully saturated rings. The molecule has 7 nitrogen and oxygen atoms in total. The van der Waals surface area contributed by atoms with Gasteiger partial charge >= 0.3 is 0 Å². The van der Waals surface area contributed by atoms with Gasteiger partial charge < -0.3 is 15.4 Å². The number of carbonyl (C=O) groups excluding carboxylic acids is 3. The first kappa shape index (κ1) is 19.4. The summed E-state index contributed by atoms with van der Waals surface area (Å²) >= 11 is 0. The number of anilines is 2. The third-order valence-electron chi connectivity index (χ3n) is 4.78. The molecule has 3 amide bonds. The third-order valence-corrected chi connectivity index (χ3v) is 4.78. The molecule has 1 aliphatic heterocycles. The maximum atomic E-state index is 13.0. The summed E-state index contributed by atoms with van der Waals surface area (Å²) in [6.45, 7) is 2.02. The number of rotatable bonds is 5.